The van der Waals surface area contributed by atoms with Gasteiger partial charge in [-0.05, 0) is 42.5 Å². The van der Waals surface area contributed by atoms with Crippen LogP contribution < -0.4 is 5.32 Å². The van der Waals surface area contributed by atoms with Crippen LogP contribution >= 0.6 is 19.4 Å². The van der Waals surface area contributed by atoms with E-state index in [1.165, 1.54) is 11.3 Å². The highest BCUT2D eigenvalue weighted by atomic mass is 35.5. The normalized spacial score (nSPS) is 11.9. The van der Waals surface area contributed by atoms with Crippen LogP contribution in [0.25, 0.3) is 10.9 Å². The van der Waals surface area contributed by atoms with Crippen LogP contribution in [0, 0.1) is 18.8 Å². The molecule has 1 aromatic carbocycles. The predicted octanol–water partition coefficient (Wildman–Crippen LogP) is 4.29. The summed E-state index contributed by atoms with van der Waals surface area (Å²) < 4.78 is 8.88. The van der Waals surface area contributed by atoms with Gasteiger partial charge < -0.3 is 24.9 Å². The van der Waals surface area contributed by atoms with Crippen LogP contribution in [-0.2, 0) is 4.57 Å². The van der Waals surface area contributed by atoms with Crippen LogP contribution in [0.3, 0.4) is 0 Å². The Balaban J connectivity index is 0.000000749. The zero-order valence-electron chi connectivity index (χ0n) is 17.8. The van der Waals surface area contributed by atoms with E-state index in [0.29, 0.717) is 11.8 Å². The molecule has 0 aliphatic rings. The lowest BCUT2D eigenvalue weighted by molar-refractivity contribution is 0.227. The predicted molar refractivity (Wildman–Crippen MR) is 120 cm³/mol. The van der Waals surface area contributed by atoms with Gasteiger partial charge in [-0.2, -0.15) is 0 Å². The van der Waals surface area contributed by atoms with E-state index in [2.05, 4.69) is 55.9 Å². The van der Waals surface area contributed by atoms with Gasteiger partial charge in [0.2, 0.25) is 0 Å². The van der Waals surface area contributed by atoms with Crippen molar-refractivity contribution in [3.63, 3.8) is 0 Å². The first-order chi connectivity index (χ1) is 13.4. The largest absolute Gasteiger partial charge is 0.466 e. The Morgan fingerprint density at radius 3 is 2.21 bits per heavy atom. The summed E-state index contributed by atoms with van der Waals surface area (Å²) in [5.41, 5.74) is 3.28. The first kappa shape index (κ1) is 25.8. The number of halogens is 1. The molecule has 0 amide bonds. The quantitative estimate of drug-likeness (QED) is 0.449. The van der Waals surface area contributed by atoms with Crippen molar-refractivity contribution in [3.8, 4) is 0 Å². The van der Waals surface area contributed by atoms with Crippen molar-refractivity contribution in [1.29, 1.82) is 0 Å². The number of aromatic nitrogens is 1. The molecule has 0 fully saturated rings. The number of hydrogen-bond donors (Lipinski definition) is 4. The summed E-state index contributed by atoms with van der Waals surface area (Å²) in [6, 6.07) is 5.91. The van der Waals surface area contributed by atoms with Gasteiger partial charge in [0.25, 0.3) is 0 Å². The fourth-order valence-corrected chi connectivity index (χ4v) is 3.30. The summed E-state index contributed by atoms with van der Waals surface area (Å²) in [5.74, 6) is 1.38. The Morgan fingerprint density at radius 2 is 1.69 bits per heavy atom. The average molecular weight is 446 g/mol. The third-order valence-corrected chi connectivity index (χ3v) is 4.23. The molecule has 0 spiro atoms. The molecule has 0 atom stereocenters. The first-order valence-corrected chi connectivity index (χ1v) is 11.6. The summed E-state index contributed by atoms with van der Waals surface area (Å²) in [6.45, 7) is 15.5. The van der Waals surface area contributed by atoms with Crippen LogP contribution in [0.2, 0.25) is 5.02 Å². The second kappa shape index (κ2) is 11.8. The molecule has 0 radical (unpaired) electrons. The smallest absolute Gasteiger partial charge is 0.383 e. The van der Waals surface area contributed by atoms with Crippen LogP contribution in [-0.4, -0.2) is 50.7 Å². The van der Waals surface area contributed by atoms with Crippen molar-refractivity contribution in [2.75, 3.05) is 31.5 Å². The number of fused-ring (bicyclic) bond motifs is 1. The van der Waals surface area contributed by atoms with Crippen molar-refractivity contribution in [2.45, 2.75) is 34.6 Å². The minimum Gasteiger partial charge on any atom is -0.383 e. The minimum absolute atomic E-state index is 0.689. The van der Waals surface area contributed by atoms with Crippen molar-refractivity contribution in [1.82, 2.24) is 9.88 Å². The fraction of sp³-hybridized carbons (Fsp3) is 0.550. The van der Waals surface area contributed by atoms with Gasteiger partial charge in [-0.3, -0.25) is 4.98 Å². The van der Waals surface area contributed by atoms with Gasteiger partial charge in [-0.15, -0.1) is 0 Å². The molecule has 0 unspecified atom stereocenters. The fourth-order valence-electron chi connectivity index (χ4n) is 3.13. The number of nitrogens with zero attached hydrogens (tertiary/aromatic N) is 2. The molecule has 9 heteroatoms. The zero-order chi connectivity index (χ0) is 22.2. The third-order valence-electron chi connectivity index (χ3n) is 4.00. The molecule has 0 aliphatic heterocycles. The van der Waals surface area contributed by atoms with Crippen LogP contribution in [0.4, 0.5) is 5.69 Å². The molecule has 2 rings (SSSR count). The van der Waals surface area contributed by atoms with Crippen LogP contribution in [0.5, 0.6) is 0 Å². The van der Waals surface area contributed by atoms with E-state index >= 15 is 0 Å². The van der Waals surface area contributed by atoms with E-state index in [1.54, 1.807) is 0 Å². The topological polar surface area (TPSA) is 106 Å². The number of benzene rings is 1. The minimum atomic E-state index is -4.64. The van der Waals surface area contributed by atoms with E-state index < -0.39 is 7.82 Å². The van der Waals surface area contributed by atoms with E-state index in [0.717, 1.165) is 42.1 Å². The molecular weight excluding hydrogens is 413 g/mol. The Kier molecular flexibility index (Phi) is 10.5. The summed E-state index contributed by atoms with van der Waals surface area (Å²) in [5, 5.41) is 5.49. The molecular formula is C20H33ClN3O4P. The lowest BCUT2D eigenvalue weighted by Gasteiger charge is -2.26. The van der Waals surface area contributed by atoms with Crippen molar-refractivity contribution in [3.05, 3.63) is 35.0 Å². The maximum atomic E-state index is 8.88. The number of rotatable bonds is 8. The Morgan fingerprint density at radius 1 is 1.14 bits per heavy atom. The van der Waals surface area contributed by atoms with Crippen molar-refractivity contribution in [2.24, 2.45) is 11.8 Å². The van der Waals surface area contributed by atoms with Gasteiger partial charge in [-0.1, -0.05) is 39.3 Å². The third kappa shape index (κ3) is 10.9. The number of aryl methyl sites for hydroxylation is 1. The molecule has 7 nitrogen and oxygen atoms in total. The van der Waals surface area contributed by atoms with Crippen molar-refractivity contribution >= 4 is 36.0 Å². The number of phosphoric acid groups is 1. The highest BCUT2D eigenvalue weighted by molar-refractivity contribution is 7.45. The Bertz CT molecular complexity index is 808. The second-order valence-electron chi connectivity index (χ2n) is 7.97. The van der Waals surface area contributed by atoms with Gasteiger partial charge >= 0.3 is 7.82 Å². The van der Waals surface area contributed by atoms with E-state index in [1.807, 2.05) is 18.3 Å². The van der Waals surface area contributed by atoms with E-state index in [4.69, 9.17) is 30.8 Å². The van der Waals surface area contributed by atoms with Gasteiger partial charge in [0.1, 0.15) is 0 Å². The van der Waals surface area contributed by atoms with Crippen LogP contribution in [0.15, 0.2) is 24.4 Å². The van der Waals surface area contributed by atoms with E-state index in [-0.39, 0.29) is 0 Å². The summed E-state index contributed by atoms with van der Waals surface area (Å²) >= 11 is 6.09. The number of pyridine rings is 1. The second-order valence-corrected chi connectivity index (χ2v) is 9.43. The molecule has 0 saturated heterocycles. The maximum Gasteiger partial charge on any atom is 0.466 e. The van der Waals surface area contributed by atoms with E-state index in [9.17, 15) is 0 Å². The van der Waals surface area contributed by atoms with Gasteiger partial charge in [-0.25, -0.2) is 4.57 Å². The lowest BCUT2D eigenvalue weighted by atomic mass is 10.1. The summed E-state index contributed by atoms with van der Waals surface area (Å²) in [4.78, 5) is 28.6. The Hall–Kier alpha value is -1.21. The maximum absolute atomic E-state index is 8.88. The summed E-state index contributed by atoms with van der Waals surface area (Å²) in [6.07, 6.45) is 1.92. The monoisotopic (exact) mass is 445 g/mol. The van der Waals surface area contributed by atoms with Crippen molar-refractivity contribution < 1.29 is 19.2 Å². The van der Waals surface area contributed by atoms with Crippen LogP contribution in [0.1, 0.15) is 33.3 Å². The summed E-state index contributed by atoms with van der Waals surface area (Å²) in [7, 11) is -4.64. The molecule has 1 heterocycles. The Labute approximate surface area is 178 Å². The molecule has 164 valence electrons. The molecule has 0 saturated carbocycles. The van der Waals surface area contributed by atoms with Gasteiger partial charge in [0, 0.05) is 48.5 Å². The molecule has 1 aromatic heterocycles. The highest BCUT2D eigenvalue weighted by Crippen LogP contribution is 2.27. The number of nitrogens with one attached hydrogen (secondary N) is 1. The highest BCUT2D eigenvalue weighted by Gasteiger charge is 2.11. The molecule has 4 N–H and O–H groups in total. The molecule has 0 aliphatic carbocycles. The average Bonchev–Trinajstić information content (AvgIpc) is 2.54. The standard InChI is InChI=1S/C20H30ClN3.H3O4P/c1-14(2)12-24(13-15(3)4)9-8-22-20-16(5)11-23-19-10-17(21)6-7-18(19)20;1-5(2,3)4/h6-7,10-11,14-15H,8-9,12-13H2,1-5H3,(H,22,23);(H3,1,2,3,4). The molecule has 2 aromatic rings. The van der Waals surface area contributed by atoms with Gasteiger partial charge in [0.05, 0.1) is 5.52 Å². The lowest BCUT2D eigenvalue weighted by Crippen LogP contribution is -2.35. The molecule has 29 heavy (non-hydrogen) atoms. The SMILES string of the molecule is Cc1cnc2cc(Cl)ccc2c1NCCN(CC(C)C)CC(C)C.O=P(O)(O)O. The van der Waals surface area contributed by atoms with Gasteiger partial charge in [0.15, 0.2) is 0 Å². The molecule has 0 bridgehead atoms. The number of anilines is 1. The first-order valence-electron chi connectivity index (χ1n) is 9.66. The zero-order valence-corrected chi connectivity index (χ0v) is 19.4. The number of hydrogen-bond acceptors (Lipinski definition) is 4.